The van der Waals surface area contributed by atoms with Crippen LogP contribution in [0.4, 0.5) is 5.69 Å². The summed E-state index contributed by atoms with van der Waals surface area (Å²) in [5.74, 6) is 1.34. The number of aromatic nitrogens is 3. The molecule has 0 aliphatic carbocycles. The third-order valence-corrected chi connectivity index (χ3v) is 2.87. The third kappa shape index (κ3) is 3.64. The average Bonchev–Trinajstić information content (AvgIpc) is 2.86. The molecule has 20 heavy (non-hydrogen) atoms. The van der Waals surface area contributed by atoms with Crippen molar-refractivity contribution in [1.82, 2.24) is 20.5 Å². The molecule has 0 aliphatic heterocycles. The van der Waals surface area contributed by atoms with Crippen molar-refractivity contribution in [2.24, 2.45) is 0 Å². The van der Waals surface area contributed by atoms with Crippen molar-refractivity contribution in [3.63, 3.8) is 0 Å². The second-order valence-electron chi connectivity index (χ2n) is 4.55. The Labute approximate surface area is 118 Å². The van der Waals surface area contributed by atoms with Gasteiger partial charge in [-0.15, -0.1) is 0 Å². The van der Waals surface area contributed by atoms with Crippen LogP contribution in [0.5, 0.6) is 0 Å². The number of nitrogens with one attached hydrogen (secondary N) is 3. The molecule has 0 saturated carbocycles. The van der Waals surface area contributed by atoms with Gasteiger partial charge >= 0.3 is 0 Å². The van der Waals surface area contributed by atoms with E-state index in [4.69, 9.17) is 0 Å². The number of amides is 1. The van der Waals surface area contributed by atoms with Gasteiger partial charge in [0.1, 0.15) is 5.82 Å². The molecule has 1 aromatic heterocycles. The molecule has 0 aliphatic rings. The number of aromatic amines is 1. The average molecular weight is 273 g/mol. The van der Waals surface area contributed by atoms with E-state index in [1.807, 2.05) is 38.2 Å². The van der Waals surface area contributed by atoms with Crippen molar-refractivity contribution < 1.29 is 4.79 Å². The van der Waals surface area contributed by atoms with E-state index in [1.165, 1.54) is 0 Å². The lowest BCUT2D eigenvalue weighted by atomic mass is 10.1. The minimum Gasteiger partial charge on any atom is -0.325 e. The second-order valence-corrected chi connectivity index (χ2v) is 4.55. The number of hydrogen-bond donors (Lipinski definition) is 3. The summed E-state index contributed by atoms with van der Waals surface area (Å²) in [6, 6.07) is 7.53. The number of benzene rings is 1. The van der Waals surface area contributed by atoms with Crippen molar-refractivity contribution >= 4 is 11.6 Å². The van der Waals surface area contributed by atoms with Crippen LogP contribution in [0.3, 0.4) is 0 Å². The third-order valence-electron chi connectivity index (χ3n) is 2.87. The van der Waals surface area contributed by atoms with Gasteiger partial charge in [-0.25, -0.2) is 4.98 Å². The fourth-order valence-corrected chi connectivity index (χ4v) is 1.89. The van der Waals surface area contributed by atoms with Crippen LogP contribution in [0.15, 0.2) is 24.3 Å². The molecule has 6 heteroatoms. The van der Waals surface area contributed by atoms with Crippen molar-refractivity contribution in [3.05, 3.63) is 30.1 Å². The lowest BCUT2D eigenvalue weighted by Gasteiger charge is -2.08. The SMILES string of the molecule is CNCCCC(=O)Nc1ccccc1-c1n[nH]c(C)n1. The van der Waals surface area contributed by atoms with E-state index in [-0.39, 0.29) is 5.91 Å². The first-order valence-electron chi connectivity index (χ1n) is 6.63. The molecular weight excluding hydrogens is 254 g/mol. The van der Waals surface area contributed by atoms with Gasteiger partial charge in [0.25, 0.3) is 0 Å². The Hall–Kier alpha value is -2.21. The molecule has 0 unspecified atom stereocenters. The number of rotatable bonds is 6. The van der Waals surface area contributed by atoms with E-state index in [1.54, 1.807) is 0 Å². The van der Waals surface area contributed by atoms with Gasteiger partial charge in [0.05, 0.1) is 5.69 Å². The van der Waals surface area contributed by atoms with Crippen molar-refractivity contribution in [3.8, 4) is 11.4 Å². The normalized spacial score (nSPS) is 10.5. The highest BCUT2D eigenvalue weighted by Crippen LogP contribution is 2.24. The molecule has 0 radical (unpaired) electrons. The minimum atomic E-state index is -0.0000392. The summed E-state index contributed by atoms with van der Waals surface area (Å²) >= 11 is 0. The summed E-state index contributed by atoms with van der Waals surface area (Å²) < 4.78 is 0. The Morgan fingerprint density at radius 2 is 2.15 bits per heavy atom. The maximum Gasteiger partial charge on any atom is 0.224 e. The minimum absolute atomic E-state index is 0.0000392. The number of carbonyl (C=O) groups excluding carboxylic acids is 1. The predicted octanol–water partition coefficient (Wildman–Crippen LogP) is 1.72. The molecule has 0 bridgehead atoms. The zero-order chi connectivity index (χ0) is 14.4. The Bertz CT molecular complexity index is 578. The van der Waals surface area contributed by atoms with E-state index in [0.717, 1.165) is 30.0 Å². The number of carbonyl (C=O) groups is 1. The summed E-state index contributed by atoms with van der Waals surface area (Å²) in [5.41, 5.74) is 1.56. The zero-order valence-corrected chi connectivity index (χ0v) is 11.7. The van der Waals surface area contributed by atoms with Gasteiger partial charge in [0, 0.05) is 12.0 Å². The second kappa shape index (κ2) is 6.81. The van der Waals surface area contributed by atoms with E-state index in [9.17, 15) is 4.79 Å². The molecule has 0 spiro atoms. The lowest BCUT2D eigenvalue weighted by molar-refractivity contribution is -0.116. The molecule has 2 rings (SSSR count). The Balaban J connectivity index is 2.10. The van der Waals surface area contributed by atoms with E-state index >= 15 is 0 Å². The first kappa shape index (κ1) is 14.2. The van der Waals surface area contributed by atoms with Crippen molar-refractivity contribution in [1.29, 1.82) is 0 Å². The van der Waals surface area contributed by atoms with Crippen LogP contribution in [0.25, 0.3) is 11.4 Å². The summed E-state index contributed by atoms with van der Waals surface area (Å²) in [4.78, 5) is 16.2. The molecule has 1 aromatic carbocycles. The maximum atomic E-state index is 11.9. The zero-order valence-electron chi connectivity index (χ0n) is 11.7. The van der Waals surface area contributed by atoms with Gasteiger partial charge in [-0.2, -0.15) is 5.10 Å². The molecular formula is C14H19N5O. The Morgan fingerprint density at radius 3 is 2.85 bits per heavy atom. The molecule has 3 N–H and O–H groups in total. The summed E-state index contributed by atoms with van der Waals surface area (Å²) in [6.07, 6.45) is 1.30. The summed E-state index contributed by atoms with van der Waals surface area (Å²) in [6.45, 7) is 2.67. The summed E-state index contributed by atoms with van der Waals surface area (Å²) in [5, 5.41) is 12.9. The maximum absolute atomic E-state index is 11.9. The van der Waals surface area contributed by atoms with Crippen molar-refractivity contribution in [2.75, 3.05) is 18.9 Å². The predicted molar refractivity (Wildman–Crippen MR) is 78.3 cm³/mol. The fourth-order valence-electron chi connectivity index (χ4n) is 1.89. The van der Waals surface area contributed by atoms with Crippen LogP contribution in [0.2, 0.25) is 0 Å². The largest absolute Gasteiger partial charge is 0.325 e. The van der Waals surface area contributed by atoms with E-state index < -0.39 is 0 Å². The number of hydrogen-bond acceptors (Lipinski definition) is 4. The van der Waals surface area contributed by atoms with Crippen molar-refractivity contribution in [2.45, 2.75) is 19.8 Å². The van der Waals surface area contributed by atoms with E-state index in [2.05, 4.69) is 25.8 Å². The monoisotopic (exact) mass is 273 g/mol. The van der Waals surface area contributed by atoms with Gasteiger partial charge in [0.15, 0.2) is 5.82 Å². The van der Waals surface area contributed by atoms with Crippen LogP contribution in [-0.2, 0) is 4.79 Å². The van der Waals surface area contributed by atoms with Gasteiger partial charge in [0.2, 0.25) is 5.91 Å². The standard InChI is InChI=1S/C14H19N5O/c1-10-16-14(19-18-10)11-6-3-4-7-12(11)17-13(20)8-5-9-15-2/h3-4,6-7,15H,5,8-9H2,1-2H3,(H,17,20)(H,16,18,19). The number of nitrogens with zero attached hydrogens (tertiary/aromatic N) is 2. The molecule has 0 atom stereocenters. The van der Waals surface area contributed by atoms with Crippen LogP contribution < -0.4 is 10.6 Å². The Morgan fingerprint density at radius 1 is 1.35 bits per heavy atom. The molecule has 1 heterocycles. The molecule has 0 saturated heterocycles. The quantitative estimate of drug-likeness (QED) is 0.700. The molecule has 0 fully saturated rings. The van der Waals surface area contributed by atoms with E-state index in [0.29, 0.717) is 12.2 Å². The van der Waals surface area contributed by atoms with Gasteiger partial charge in [-0.05, 0) is 39.1 Å². The lowest BCUT2D eigenvalue weighted by Crippen LogP contribution is -2.15. The van der Waals surface area contributed by atoms with Gasteiger partial charge in [-0.1, -0.05) is 12.1 Å². The topological polar surface area (TPSA) is 82.7 Å². The molecule has 106 valence electrons. The van der Waals surface area contributed by atoms with Crippen LogP contribution >= 0.6 is 0 Å². The summed E-state index contributed by atoms with van der Waals surface area (Å²) in [7, 11) is 1.87. The van der Waals surface area contributed by atoms with Crippen LogP contribution in [0.1, 0.15) is 18.7 Å². The molecule has 1 amide bonds. The van der Waals surface area contributed by atoms with Crippen LogP contribution in [0, 0.1) is 6.92 Å². The molecule has 6 nitrogen and oxygen atoms in total. The number of anilines is 1. The Kier molecular flexibility index (Phi) is 4.84. The van der Waals surface area contributed by atoms with Gasteiger partial charge in [-0.3, -0.25) is 9.89 Å². The molecule has 2 aromatic rings. The highest BCUT2D eigenvalue weighted by Gasteiger charge is 2.11. The fraction of sp³-hybridized carbons (Fsp3) is 0.357. The number of para-hydroxylation sites is 1. The number of H-pyrrole nitrogens is 1. The highest BCUT2D eigenvalue weighted by molar-refractivity contribution is 5.94. The highest BCUT2D eigenvalue weighted by atomic mass is 16.1. The number of aryl methyl sites for hydroxylation is 1. The van der Waals surface area contributed by atoms with Crippen LogP contribution in [-0.4, -0.2) is 34.7 Å². The first-order chi connectivity index (χ1) is 9.70. The van der Waals surface area contributed by atoms with Gasteiger partial charge < -0.3 is 10.6 Å². The first-order valence-corrected chi connectivity index (χ1v) is 6.63. The smallest absolute Gasteiger partial charge is 0.224 e.